The van der Waals surface area contributed by atoms with Crippen LogP contribution in [0.15, 0.2) is 36.8 Å². The molecule has 1 fully saturated rings. The number of nitrogens with zero attached hydrogens (tertiary/aromatic N) is 5. The van der Waals surface area contributed by atoms with Crippen molar-refractivity contribution in [1.82, 2.24) is 19.9 Å². The number of aromatic nitrogens is 3. The average Bonchev–Trinajstić information content (AvgIpc) is 2.55. The summed E-state index contributed by atoms with van der Waals surface area (Å²) in [7, 11) is 2.14. The summed E-state index contributed by atoms with van der Waals surface area (Å²) >= 11 is 0. The molecule has 21 heavy (non-hydrogen) atoms. The summed E-state index contributed by atoms with van der Waals surface area (Å²) in [4.78, 5) is 17.6. The van der Waals surface area contributed by atoms with E-state index >= 15 is 0 Å². The molecule has 0 aliphatic carbocycles. The first-order valence-corrected chi connectivity index (χ1v) is 7.20. The van der Waals surface area contributed by atoms with E-state index in [4.69, 9.17) is 0 Å². The van der Waals surface area contributed by atoms with Crippen molar-refractivity contribution in [1.29, 1.82) is 0 Å². The summed E-state index contributed by atoms with van der Waals surface area (Å²) in [6, 6.07) is 5.89. The zero-order chi connectivity index (χ0) is 14.5. The molecular formula is C15H20N6. The summed E-state index contributed by atoms with van der Waals surface area (Å²) in [5.74, 6) is 1.67. The van der Waals surface area contributed by atoms with Gasteiger partial charge in [0.15, 0.2) is 0 Å². The fourth-order valence-corrected chi connectivity index (χ4v) is 2.30. The zero-order valence-corrected chi connectivity index (χ0v) is 12.2. The maximum atomic E-state index is 4.61. The van der Waals surface area contributed by atoms with Crippen LogP contribution in [0.1, 0.15) is 5.56 Å². The van der Waals surface area contributed by atoms with E-state index in [0.29, 0.717) is 0 Å². The third-order valence-electron chi connectivity index (χ3n) is 3.65. The first kappa shape index (κ1) is 13.8. The van der Waals surface area contributed by atoms with Gasteiger partial charge in [-0.05, 0) is 30.8 Å². The van der Waals surface area contributed by atoms with Crippen molar-refractivity contribution < 1.29 is 0 Å². The summed E-state index contributed by atoms with van der Waals surface area (Å²) in [5, 5.41) is 3.33. The fourth-order valence-electron chi connectivity index (χ4n) is 2.30. The molecule has 3 heterocycles. The Morgan fingerprint density at radius 2 is 1.81 bits per heavy atom. The van der Waals surface area contributed by atoms with Crippen LogP contribution in [0.4, 0.5) is 11.8 Å². The molecule has 0 atom stereocenters. The van der Waals surface area contributed by atoms with E-state index in [9.17, 15) is 0 Å². The number of piperazine rings is 1. The predicted octanol–water partition coefficient (Wildman–Crippen LogP) is 1.24. The van der Waals surface area contributed by atoms with Gasteiger partial charge in [-0.15, -0.1) is 0 Å². The lowest BCUT2D eigenvalue weighted by Gasteiger charge is -2.32. The number of anilines is 2. The molecule has 1 aliphatic rings. The van der Waals surface area contributed by atoms with E-state index in [1.165, 1.54) is 5.56 Å². The van der Waals surface area contributed by atoms with Crippen LogP contribution in [0.3, 0.4) is 0 Å². The number of hydrogen-bond donors (Lipinski definition) is 1. The van der Waals surface area contributed by atoms with Crippen molar-refractivity contribution in [2.45, 2.75) is 6.54 Å². The summed E-state index contributed by atoms with van der Waals surface area (Å²) in [6.07, 6.45) is 5.41. The maximum Gasteiger partial charge on any atom is 0.227 e. The van der Waals surface area contributed by atoms with Gasteiger partial charge in [-0.2, -0.15) is 4.98 Å². The second-order valence-corrected chi connectivity index (χ2v) is 5.24. The van der Waals surface area contributed by atoms with Gasteiger partial charge in [-0.25, -0.2) is 4.98 Å². The van der Waals surface area contributed by atoms with Crippen LogP contribution in [-0.4, -0.2) is 53.1 Å². The maximum absolute atomic E-state index is 4.61. The SMILES string of the molecule is CN1CCN(c2nccc(NCc3ccncc3)n2)CC1. The molecule has 6 nitrogen and oxygen atoms in total. The number of rotatable bonds is 4. The van der Waals surface area contributed by atoms with Crippen LogP contribution >= 0.6 is 0 Å². The Morgan fingerprint density at radius 1 is 1.05 bits per heavy atom. The van der Waals surface area contributed by atoms with Gasteiger partial charge in [0.1, 0.15) is 5.82 Å². The van der Waals surface area contributed by atoms with Crippen molar-refractivity contribution in [3.05, 3.63) is 42.4 Å². The highest BCUT2D eigenvalue weighted by Gasteiger charge is 2.16. The zero-order valence-electron chi connectivity index (χ0n) is 12.2. The van der Waals surface area contributed by atoms with Crippen LogP contribution in [0.5, 0.6) is 0 Å². The Hall–Kier alpha value is -2.21. The Morgan fingerprint density at radius 3 is 2.57 bits per heavy atom. The van der Waals surface area contributed by atoms with Crippen LogP contribution < -0.4 is 10.2 Å². The van der Waals surface area contributed by atoms with Gasteiger partial charge in [0.05, 0.1) is 0 Å². The third-order valence-corrected chi connectivity index (χ3v) is 3.65. The minimum absolute atomic E-state index is 0.738. The first-order chi connectivity index (χ1) is 10.3. The lowest BCUT2D eigenvalue weighted by Crippen LogP contribution is -2.45. The number of nitrogens with one attached hydrogen (secondary N) is 1. The molecule has 0 saturated carbocycles. The molecule has 0 amide bonds. The van der Waals surface area contributed by atoms with E-state index in [0.717, 1.165) is 44.5 Å². The molecule has 1 saturated heterocycles. The minimum Gasteiger partial charge on any atom is -0.366 e. The number of likely N-dealkylation sites (N-methyl/N-ethyl adjacent to an activating group) is 1. The minimum atomic E-state index is 0.738. The van der Waals surface area contributed by atoms with Crippen LogP contribution in [0.2, 0.25) is 0 Å². The van der Waals surface area contributed by atoms with Gasteiger partial charge >= 0.3 is 0 Å². The van der Waals surface area contributed by atoms with E-state index in [2.05, 4.69) is 37.1 Å². The van der Waals surface area contributed by atoms with Crippen molar-refractivity contribution in [2.24, 2.45) is 0 Å². The van der Waals surface area contributed by atoms with Gasteiger partial charge < -0.3 is 15.1 Å². The van der Waals surface area contributed by atoms with Crippen LogP contribution in [0.25, 0.3) is 0 Å². The van der Waals surface area contributed by atoms with Crippen molar-refractivity contribution in [2.75, 3.05) is 43.4 Å². The molecule has 0 spiro atoms. The van der Waals surface area contributed by atoms with Gasteiger partial charge in [-0.1, -0.05) is 0 Å². The lowest BCUT2D eigenvalue weighted by atomic mass is 10.3. The topological polar surface area (TPSA) is 57.2 Å². The monoisotopic (exact) mass is 284 g/mol. The van der Waals surface area contributed by atoms with E-state index in [1.807, 2.05) is 24.4 Å². The Kier molecular flexibility index (Phi) is 4.25. The fraction of sp³-hybridized carbons (Fsp3) is 0.400. The summed E-state index contributed by atoms with van der Waals surface area (Å²) < 4.78 is 0. The number of pyridine rings is 1. The lowest BCUT2D eigenvalue weighted by molar-refractivity contribution is 0.311. The molecule has 1 aliphatic heterocycles. The van der Waals surface area contributed by atoms with Crippen molar-refractivity contribution in [3.63, 3.8) is 0 Å². The van der Waals surface area contributed by atoms with Gasteiger partial charge in [-0.3, -0.25) is 4.98 Å². The molecule has 2 aromatic rings. The summed E-state index contributed by atoms with van der Waals surface area (Å²) in [5.41, 5.74) is 1.18. The smallest absolute Gasteiger partial charge is 0.227 e. The second-order valence-electron chi connectivity index (χ2n) is 5.24. The highest BCUT2D eigenvalue weighted by atomic mass is 15.3. The third kappa shape index (κ3) is 3.66. The molecular weight excluding hydrogens is 264 g/mol. The van der Waals surface area contributed by atoms with Crippen molar-refractivity contribution in [3.8, 4) is 0 Å². The van der Waals surface area contributed by atoms with E-state index < -0.39 is 0 Å². The summed E-state index contributed by atoms with van der Waals surface area (Å²) in [6.45, 7) is 4.80. The molecule has 0 unspecified atom stereocenters. The molecule has 0 bridgehead atoms. The van der Waals surface area contributed by atoms with Gasteiger partial charge in [0.25, 0.3) is 0 Å². The standard InChI is InChI=1S/C15H20N6/c1-20-8-10-21(11-9-20)15-17-7-4-14(19-15)18-12-13-2-5-16-6-3-13/h2-7H,8-12H2,1H3,(H,17,18,19). The van der Waals surface area contributed by atoms with E-state index in [-0.39, 0.29) is 0 Å². The Bertz CT molecular complexity index is 565. The molecule has 1 N–H and O–H groups in total. The largest absolute Gasteiger partial charge is 0.366 e. The molecule has 3 rings (SSSR count). The highest BCUT2D eigenvalue weighted by molar-refractivity contribution is 5.42. The first-order valence-electron chi connectivity index (χ1n) is 7.20. The normalized spacial score (nSPS) is 16.0. The Labute approximate surface area is 124 Å². The quantitative estimate of drug-likeness (QED) is 0.911. The van der Waals surface area contributed by atoms with Gasteiger partial charge in [0, 0.05) is 51.3 Å². The number of hydrogen-bond acceptors (Lipinski definition) is 6. The molecule has 0 aromatic carbocycles. The van der Waals surface area contributed by atoms with E-state index in [1.54, 1.807) is 12.4 Å². The molecule has 110 valence electrons. The van der Waals surface area contributed by atoms with Gasteiger partial charge in [0.2, 0.25) is 5.95 Å². The average molecular weight is 284 g/mol. The van der Waals surface area contributed by atoms with Crippen LogP contribution in [0, 0.1) is 0 Å². The molecule has 0 radical (unpaired) electrons. The predicted molar refractivity (Wildman–Crippen MR) is 83.3 cm³/mol. The van der Waals surface area contributed by atoms with Crippen LogP contribution in [-0.2, 0) is 6.54 Å². The molecule has 6 heteroatoms. The van der Waals surface area contributed by atoms with Crippen molar-refractivity contribution >= 4 is 11.8 Å². The second kappa shape index (κ2) is 6.49. The Balaban J connectivity index is 1.63. The highest BCUT2D eigenvalue weighted by Crippen LogP contribution is 2.13. The molecule has 2 aromatic heterocycles.